The van der Waals surface area contributed by atoms with Crippen LogP contribution >= 0.6 is 0 Å². The molecule has 0 atom stereocenters. The molecule has 0 aliphatic heterocycles. The van der Waals surface area contributed by atoms with Crippen molar-refractivity contribution in [2.75, 3.05) is 6.54 Å². The molecule has 0 N–H and O–H groups in total. The van der Waals surface area contributed by atoms with Crippen LogP contribution in [0.25, 0.3) is 0 Å². The number of benzene rings is 1. The third-order valence-corrected chi connectivity index (χ3v) is 3.44. The van der Waals surface area contributed by atoms with Gasteiger partial charge >= 0.3 is 0 Å². The summed E-state index contributed by atoms with van der Waals surface area (Å²) in [6.07, 6.45) is 4.98. The van der Waals surface area contributed by atoms with E-state index in [1.807, 2.05) is 18.3 Å². The summed E-state index contributed by atoms with van der Waals surface area (Å²) in [7, 11) is -1.29. The summed E-state index contributed by atoms with van der Waals surface area (Å²) in [6.45, 7) is 12.5. The smallest absolute Gasteiger partial charge is 0.0883 e. The Labute approximate surface area is 119 Å². The lowest BCUT2D eigenvalue weighted by molar-refractivity contribution is 0.377. The molecule has 0 aliphatic rings. The monoisotopic (exact) mass is 270 g/mol. The molecule has 1 radical (unpaired) electrons. The molecule has 0 fully saturated rings. The van der Waals surface area contributed by atoms with Crippen molar-refractivity contribution < 1.29 is 0 Å². The Hall–Kier alpha value is -1.50. The Morgan fingerprint density at radius 1 is 1.21 bits per heavy atom. The van der Waals surface area contributed by atoms with Crippen LogP contribution in [0.5, 0.6) is 0 Å². The Morgan fingerprint density at radius 3 is 2.47 bits per heavy atom. The molecule has 0 saturated carbocycles. The molecule has 1 aromatic rings. The molecule has 101 valence electrons. The molecule has 0 bridgehead atoms. The highest BCUT2D eigenvalue weighted by atomic mass is 28.3. The Kier molecular flexibility index (Phi) is 6.41. The number of nitrogens with zero attached hydrogens (tertiary/aromatic N) is 1. The van der Waals surface area contributed by atoms with Crippen LogP contribution < -0.4 is 0 Å². The van der Waals surface area contributed by atoms with Gasteiger partial charge < -0.3 is 4.90 Å². The normalized spacial score (nSPS) is 10.5. The molecule has 1 rings (SSSR count). The van der Waals surface area contributed by atoms with Crippen LogP contribution in [0.2, 0.25) is 19.6 Å². The van der Waals surface area contributed by atoms with E-state index in [1.54, 1.807) is 0 Å². The fourth-order valence-corrected chi connectivity index (χ4v) is 2.10. The first kappa shape index (κ1) is 15.6. The highest BCUT2D eigenvalue weighted by molar-refractivity contribution is 6.78. The number of rotatable bonds is 7. The van der Waals surface area contributed by atoms with E-state index in [1.165, 1.54) is 5.56 Å². The summed E-state index contributed by atoms with van der Waals surface area (Å²) in [4.78, 5) is 2.27. The van der Waals surface area contributed by atoms with Crippen molar-refractivity contribution >= 4 is 8.07 Å². The van der Waals surface area contributed by atoms with E-state index in [0.717, 1.165) is 19.5 Å². The Morgan fingerprint density at radius 2 is 1.89 bits per heavy atom. The topological polar surface area (TPSA) is 3.24 Å². The SMILES string of the molecule is C=CCCN(C=C=[C][Si](C)(C)C)Cc1ccccc1. The van der Waals surface area contributed by atoms with Crippen LogP contribution in [-0.2, 0) is 6.54 Å². The third-order valence-electron chi connectivity index (χ3n) is 2.54. The fourth-order valence-electron chi connectivity index (χ4n) is 1.60. The maximum Gasteiger partial charge on any atom is 0.0883 e. The minimum atomic E-state index is -1.29. The first-order chi connectivity index (χ1) is 9.01. The van der Waals surface area contributed by atoms with Crippen molar-refractivity contribution in [2.24, 2.45) is 0 Å². The van der Waals surface area contributed by atoms with E-state index in [-0.39, 0.29) is 0 Å². The zero-order valence-corrected chi connectivity index (χ0v) is 13.3. The van der Waals surface area contributed by atoms with E-state index < -0.39 is 8.07 Å². The molecule has 1 nitrogen and oxygen atoms in total. The van der Waals surface area contributed by atoms with Crippen LogP contribution in [0.15, 0.2) is 54.9 Å². The van der Waals surface area contributed by atoms with Crippen molar-refractivity contribution in [2.45, 2.75) is 32.6 Å². The maximum absolute atomic E-state index is 3.79. The fraction of sp³-hybridized carbons (Fsp3) is 0.353. The summed E-state index contributed by atoms with van der Waals surface area (Å²) in [5.74, 6) is 0. The van der Waals surface area contributed by atoms with Gasteiger partial charge in [0.05, 0.1) is 8.07 Å². The van der Waals surface area contributed by atoms with Gasteiger partial charge in [0.2, 0.25) is 0 Å². The minimum absolute atomic E-state index is 0.912. The van der Waals surface area contributed by atoms with Crippen LogP contribution in [0.3, 0.4) is 0 Å². The predicted molar refractivity (Wildman–Crippen MR) is 86.3 cm³/mol. The molecular weight excluding hydrogens is 246 g/mol. The van der Waals surface area contributed by atoms with Gasteiger partial charge in [-0.05, 0) is 17.7 Å². The van der Waals surface area contributed by atoms with E-state index in [4.69, 9.17) is 0 Å². The van der Waals surface area contributed by atoms with Gasteiger partial charge in [-0.1, -0.05) is 56.0 Å². The van der Waals surface area contributed by atoms with E-state index >= 15 is 0 Å². The number of hydrogen-bond donors (Lipinski definition) is 0. The summed E-state index contributed by atoms with van der Waals surface area (Å²) in [6, 6.07) is 10.5. The standard InChI is InChI=1S/C17H24NSi/c1-5-6-13-18(14-10-15-19(2,3)4)16-17-11-8-7-9-12-17/h5,7-9,11-12,14H,1,6,13,16H2,2-4H3. The van der Waals surface area contributed by atoms with Gasteiger partial charge in [-0.15, -0.1) is 12.3 Å². The van der Waals surface area contributed by atoms with Crippen molar-refractivity contribution in [3.63, 3.8) is 0 Å². The van der Waals surface area contributed by atoms with Crippen LogP contribution in [0.1, 0.15) is 12.0 Å². The largest absolute Gasteiger partial charge is 0.367 e. The lowest BCUT2D eigenvalue weighted by atomic mass is 10.2. The molecular formula is C17H24NSi. The van der Waals surface area contributed by atoms with Gasteiger partial charge in [0, 0.05) is 19.3 Å². The van der Waals surface area contributed by atoms with Gasteiger partial charge in [-0.3, -0.25) is 0 Å². The lowest BCUT2D eigenvalue weighted by Gasteiger charge is -2.18. The molecule has 19 heavy (non-hydrogen) atoms. The summed E-state index contributed by atoms with van der Waals surface area (Å²) in [5.41, 5.74) is 7.93. The maximum atomic E-state index is 3.79. The Bertz CT molecular complexity index is 436. The summed E-state index contributed by atoms with van der Waals surface area (Å²) < 4.78 is 0. The van der Waals surface area contributed by atoms with Crippen LogP contribution in [-0.4, -0.2) is 19.5 Å². The van der Waals surface area contributed by atoms with Gasteiger partial charge in [-0.25, -0.2) is 0 Å². The van der Waals surface area contributed by atoms with Crippen molar-refractivity contribution in [1.82, 2.24) is 4.90 Å². The quantitative estimate of drug-likeness (QED) is 0.403. The van der Waals surface area contributed by atoms with E-state index in [2.05, 4.69) is 66.8 Å². The summed E-state index contributed by atoms with van der Waals surface area (Å²) >= 11 is 0. The van der Waals surface area contributed by atoms with E-state index in [9.17, 15) is 0 Å². The molecule has 0 unspecified atom stereocenters. The van der Waals surface area contributed by atoms with Crippen molar-refractivity contribution in [3.05, 3.63) is 66.2 Å². The van der Waals surface area contributed by atoms with Gasteiger partial charge in [0.25, 0.3) is 0 Å². The van der Waals surface area contributed by atoms with Gasteiger partial charge in [-0.2, -0.15) is 0 Å². The molecule has 0 saturated heterocycles. The second kappa shape index (κ2) is 7.83. The highest BCUT2D eigenvalue weighted by Gasteiger charge is 2.07. The molecule has 2 heteroatoms. The third kappa shape index (κ3) is 7.50. The predicted octanol–water partition coefficient (Wildman–Crippen LogP) is 4.41. The summed E-state index contributed by atoms with van der Waals surface area (Å²) in [5, 5.41) is 0. The molecule has 0 aliphatic carbocycles. The zero-order valence-electron chi connectivity index (χ0n) is 12.3. The first-order valence-corrected chi connectivity index (χ1v) is 10.3. The molecule has 0 aromatic heterocycles. The van der Waals surface area contributed by atoms with E-state index in [0.29, 0.717) is 0 Å². The van der Waals surface area contributed by atoms with Crippen LogP contribution in [0.4, 0.5) is 0 Å². The highest BCUT2D eigenvalue weighted by Crippen LogP contribution is 2.06. The zero-order chi connectivity index (χ0) is 14.1. The Balaban J connectivity index is 2.72. The number of hydrogen-bond acceptors (Lipinski definition) is 1. The molecule has 1 aromatic carbocycles. The van der Waals surface area contributed by atoms with Gasteiger partial charge in [0.1, 0.15) is 0 Å². The average Bonchev–Trinajstić information content (AvgIpc) is 2.35. The lowest BCUT2D eigenvalue weighted by Crippen LogP contribution is -2.18. The molecule has 0 heterocycles. The first-order valence-electron chi connectivity index (χ1n) is 6.76. The molecule has 0 spiro atoms. The minimum Gasteiger partial charge on any atom is -0.367 e. The molecule has 0 amide bonds. The van der Waals surface area contributed by atoms with Gasteiger partial charge in [0.15, 0.2) is 0 Å². The van der Waals surface area contributed by atoms with Crippen LogP contribution in [0, 0.1) is 5.70 Å². The van der Waals surface area contributed by atoms with Crippen molar-refractivity contribution in [1.29, 1.82) is 0 Å². The average molecular weight is 270 g/mol. The van der Waals surface area contributed by atoms with Crippen molar-refractivity contribution in [3.8, 4) is 0 Å². The second-order valence-corrected chi connectivity index (χ2v) is 10.4. The second-order valence-electron chi connectivity index (χ2n) is 5.68.